The average molecular weight is 303 g/mol. The second-order valence-corrected chi connectivity index (χ2v) is 5.74. The van der Waals surface area contributed by atoms with E-state index in [0.717, 1.165) is 29.3 Å². The minimum absolute atomic E-state index is 0.0224. The summed E-state index contributed by atoms with van der Waals surface area (Å²) in [4.78, 5) is 12.5. The Balaban J connectivity index is 2.18. The van der Waals surface area contributed by atoms with E-state index in [0.29, 0.717) is 11.5 Å². The number of nitrogens with two attached hydrogens (primary N) is 1. The molecule has 0 fully saturated rings. The Morgan fingerprint density at radius 2 is 2.19 bits per heavy atom. The van der Waals surface area contributed by atoms with Crippen molar-refractivity contribution in [1.29, 1.82) is 0 Å². The fourth-order valence-corrected chi connectivity index (χ4v) is 2.73. The van der Waals surface area contributed by atoms with Gasteiger partial charge in [-0.15, -0.1) is 0 Å². The van der Waals surface area contributed by atoms with E-state index in [1.54, 1.807) is 0 Å². The molecule has 1 aromatic carbocycles. The summed E-state index contributed by atoms with van der Waals surface area (Å²) in [5.74, 6) is 0.0224. The molecule has 2 rings (SSSR count). The highest BCUT2D eigenvalue weighted by molar-refractivity contribution is 7.80. The summed E-state index contributed by atoms with van der Waals surface area (Å²) in [5, 5.41) is 4.00. The highest BCUT2D eigenvalue weighted by Crippen LogP contribution is 2.20. The molecular weight excluding hydrogens is 282 g/mol. The summed E-state index contributed by atoms with van der Waals surface area (Å²) in [6, 6.07) is 7.94. The van der Waals surface area contributed by atoms with Gasteiger partial charge in [0.15, 0.2) is 0 Å². The van der Waals surface area contributed by atoms with Gasteiger partial charge in [-0.1, -0.05) is 37.7 Å². The molecule has 0 saturated carbocycles. The number of amides is 1. The van der Waals surface area contributed by atoms with Crippen molar-refractivity contribution in [2.75, 3.05) is 0 Å². The van der Waals surface area contributed by atoms with Crippen LogP contribution in [0.4, 0.5) is 0 Å². The smallest absolute Gasteiger partial charge is 0.240 e. The highest BCUT2D eigenvalue weighted by Gasteiger charge is 2.11. The van der Waals surface area contributed by atoms with Gasteiger partial charge in [-0.3, -0.25) is 4.79 Å². The number of nitrogens with zero attached hydrogens (tertiary/aromatic N) is 1. The molecule has 0 radical (unpaired) electrons. The first-order chi connectivity index (χ1) is 10.0. The normalized spacial score (nSPS) is 12.3. The van der Waals surface area contributed by atoms with Gasteiger partial charge in [0, 0.05) is 28.7 Å². The summed E-state index contributed by atoms with van der Waals surface area (Å²) in [6.45, 7) is 4.44. The highest BCUT2D eigenvalue weighted by atomic mass is 32.1. The van der Waals surface area contributed by atoms with Crippen LogP contribution in [0.3, 0.4) is 0 Å². The summed E-state index contributed by atoms with van der Waals surface area (Å²) in [7, 11) is 0. The van der Waals surface area contributed by atoms with Crippen LogP contribution in [-0.2, 0) is 11.3 Å². The molecule has 0 aliphatic rings. The fraction of sp³-hybridized carbons (Fsp3) is 0.375. The molecule has 5 heteroatoms. The molecule has 1 aromatic heterocycles. The number of hydrogen-bond donors (Lipinski definition) is 2. The number of hydrogen-bond acceptors (Lipinski definition) is 2. The zero-order valence-corrected chi connectivity index (χ0v) is 13.2. The topological polar surface area (TPSA) is 60.0 Å². The molecule has 0 bridgehead atoms. The molecule has 112 valence electrons. The van der Waals surface area contributed by atoms with Crippen molar-refractivity contribution in [2.24, 2.45) is 5.73 Å². The first-order valence-corrected chi connectivity index (χ1v) is 7.60. The van der Waals surface area contributed by atoms with Crippen molar-refractivity contribution in [1.82, 2.24) is 9.88 Å². The standard InChI is InChI=1S/C16H21N3OS/c1-3-5-11(2)18-15(20)10-19-9-8-12-13(16(17)21)6-4-7-14(12)19/h4,6-9,11H,3,5,10H2,1-2H3,(H2,17,21)(H,18,20). The number of aromatic nitrogens is 1. The molecule has 1 unspecified atom stereocenters. The molecule has 2 aromatic rings. The van der Waals surface area contributed by atoms with Crippen LogP contribution >= 0.6 is 12.2 Å². The molecule has 1 atom stereocenters. The third-order valence-electron chi connectivity index (χ3n) is 3.52. The van der Waals surface area contributed by atoms with Crippen molar-refractivity contribution < 1.29 is 4.79 Å². The Morgan fingerprint density at radius 3 is 2.86 bits per heavy atom. The van der Waals surface area contributed by atoms with Crippen LogP contribution in [0.15, 0.2) is 30.5 Å². The van der Waals surface area contributed by atoms with Gasteiger partial charge in [0.25, 0.3) is 0 Å². The third-order valence-corrected chi connectivity index (χ3v) is 3.74. The summed E-state index contributed by atoms with van der Waals surface area (Å²) in [5.41, 5.74) is 7.55. The van der Waals surface area contributed by atoms with Crippen molar-refractivity contribution in [3.63, 3.8) is 0 Å². The maximum Gasteiger partial charge on any atom is 0.240 e. The Kier molecular flexibility index (Phi) is 4.96. The van der Waals surface area contributed by atoms with E-state index < -0.39 is 0 Å². The van der Waals surface area contributed by atoms with Gasteiger partial charge < -0.3 is 15.6 Å². The Hall–Kier alpha value is -1.88. The average Bonchev–Trinajstić information content (AvgIpc) is 2.81. The lowest BCUT2D eigenvalue weighted by Gasteiger charge is -2.13. The van der Waals surface area contributed by atoms with E-state index in [2.05, 4.69) is 12.2 Å². The summed E-state index contributed by atoms with van der Waals surface area (Å²) >= 11 is 5.06. The van der Waals surface area contributed by atoms with Gasteiger partial charge in [0.1, 0.15) is 11.5 Å². The number of rotatable bonds is 6. The number of nitrogens with one attached hydrogen (secondary N) is 1. The van der Waals surface area contributed by atoms with Crippen LogP contribution in [0.2, 0.25) is 0 Å². The van der Waals surface area contributed by atoms with E-state index in [-0.39, 0.29) is 11.9 Å². The van der Waals surface area contributed by atoms with Crippen molar-refractivity contribution in [3.05, 3.63) is 36.0 Å². The first-order valence-electron chi connectivity index (χ1n) is 7.20. The molecule has 0 aliphatic heterocycles. The molecule has 0 aliphatic carbocycles. The van der Waals surface area contributed by atoms with Crippen LogP contribution in [-0.4, -0.2) is 21.5 Å². The van der Waals surface area contributed by atoms with Crippen LogP contribution < -0.4 is 11.1 Å². The third kappa shape index (κ3) is 3.61. The molecule has 21 heavy (non-hydrogen) atoms. The van der Waals surface area contributed by atoms with Crippen LogP contribution in [0, 0.1) is 0 Å². The van der Waals surface area contributed by atoms with Crippen LogP contribution in [0.1, 0.15) is 32.3 Å². The molecule has 4 nitrogen and oxygen atoms in total. The van der Waals surface area contributed by atoms with Gasteiger partial charge in [-0.05, 0) is 25.5 Å². The molecule has 0 spiro atoms. The lowest BCUT2D eigenvalue weighted by molar-refractivity contribution is -0.122. The quantitative estimate of drug-likeness (QED) is 0.806. The number of carbonyl (C=O) groups is 1. The monoisotopic (exact) mass is 303 g/mol. The Labute approximate surface area is 130 Å². The number of carbonyl (C=O) groups excluding carboxylic acids is 1. The van der Waals surface area contributed by atoms with Crippen molar-refractivity contribution in [3.8, 4) is 0 Å². The second kappa shape index (κ2) is 6.72. The maximum atomic E-state index is 12.1. The summed E-state index contributed by atoms with van der Waals surface area (Å²) < 4.78 is 1.92. The second-order valence-electron chi connectivity index (χ2n) is 5.30. The van der Waals surface area contributed by atoms with Gasteiger partial charge >= 0.3 is 0 Å². The van der Waals surface area contributed by atoms with E-state index in [4.69, 9.17) is 18.0 Å². The van der Waals surface area contributed by atoms with E-state index in [1.807, 2.05) is 42.0 Å². The van der Waals surface area contributed by atoms with Gasteiger partial charge in [-0.2, -0.15) is 0 Å². The molecule has 0 saturated heterocycles. The van der Waals surface area contributed by atoms with E-state index in [9.17, 15) is 4.79 Å². The van der Waals surface area contributed by atoms with Crippen molar-refractivity contribution in [2.45, 2.75) is 39.3 Å². The van der Waals surface area contributed by atoms with Crippen molar-refractivity contribution >= 4 is 34.0 Å². The van der Waals surface area contributed by atoms with E-state index in [1.165, 1.54) is 0 Å². The Bertz CT molecular complexity index is 663. The minimum atomic E-state index is 0.0224. The SMILES string of the molecule is CCCC(C)NC(=O)Cn1ccc2c(C(N)=S)cccc21. The lowest BCUT2D eigenvalue weighted by Crippen LogP contribution is -2.34. The fourth-order valence-electron chi connectivity index (χ4n) is 2.56. The molecule has 3 N–H and O–H groups in total. The molecule has 1 amide bonds. The zero-order valence-electron chi connectivity index (χ0n) is 12.4. The Morgan fingerprint density at radius 1 is 1.43 bits per heavy atom. The van der Waals surface area contributed by atoms with Gasteiger partial charge in [0.05, 0.1) is 0 Å². The van der Waals surface area contributed by atoms with Crippen LogP contribution in [0.25, 0.3) is 10.9 Å². The minimum Gasteiger partial charge on any atom is -0.389 e. The number of fused-ring (bicyclic) bond motifs is 1. The summed E-state index contributed by atoms with van der Waals surface area (Å²) in [6.07, 6.45) is 3.95. The number of thiocarbonyl (C=S) groups is 1. The predicted octanol–water partition coefficient (Wildman–Crippen LogP) is 2.58. The van der Waals surface area contributed by atoms with Crippen LogP contribution in [0.5, 0.6) is 0 Å². The predicted molar refractivity (Wildman–Crippen MR) is 90.3 cm³/mol. The zero-order chi connectivity index (χ0) is 15.4. The molecule has 1 heterocycles. The largest absolute Gasteiger partial charge is 0.389 e. The van der Waals surface area contributed by atoms with E-state index >= 15 is 0 Å². The van der Waals surface area contributed by atoms with Gasteiger partial charge in [-0.25, -0.2) is 0 Å². The molecular formula is C16H21N3OS. The lowest BCUT2D eigenvalue weighted by atomic mass is 10.1. The number of benzene rings is 1. The first kappa shape index (κ1) is 15.5. The maximum absolute atomic E-state index is 12.1. The van der Waals surface area contributed by atoms with Gasteiger partial charge in [0.2, 0.25) is 5.91 Å².